The van der Waals surface area contributed by atoms with Crippen LogP contribution in [0.15, 0.2) is 36.5 Å². The van der Waals surface area contributed by atoms with E-state index in [0.29, 0.717) is 18.9 Å². The summed E-state index contributed by atoms with van der Waals surface area (Å²) in [7, 11) is 3.26. The number of hydrogen-bond acceptors (Lipinski definition) is 10. The number of likely N-dealkylation sites (N-methyl/N-ethyl adjacent to an activating group) is 2. The van der Waals surface area contributed by atoms with Gasteiger partial charge in [-0.3, -0.25) is 10.6 Å². The highest BCUT2D eigenvalue weighted by molar-refractivity contribution is 5.88. The van der Waals surface area contributed by atoms with Gasteiger partial charge < -0.3 is 24.2 Å². The van der Waals surface area contributed by atoms with Crippen molar-refractivity contribution in [1.82, 2.24) is 29.7 Å². The van der Waals surface area contributed by atoms with Gasteiger partial charge in [0, 0.05) is 51.8 Å². The standard InChI is InChI=1S/C25H33F2N9O4/c1-5-39-21-13-29-20(12-30-21)32-23(37)35(4)18-15-36(11-8-25(18,26)27)22-28-9-6-19(31-22)33-24(38)40-17-7-10-34(3)14-16(17)2/h6-7,9,12-13,16,18H,5,8,10-11,14-15H2,1-4H3,(H,29,32,37)(H,28,31,33,38). The van der Waals surface area contributed by atoms with E-state index in [1.165, 1.54) is 31.7 Å². The minimum Gasteiger partial charge on any atom is -0.477 e. The molecule has 216 valence electrons. The maximum absolute atomic E-state index is 15.0. The number of carbonyl (C=O) groups is 2. The van der Waals surface area contributed by atoms with E-state index in [4.69, 9.17) is 9.47 Å². The van der Waals surface area contributed by atoms with Crippen molar-refractivity contribution in [3.05, 3.63) is 36.5 Å². The summed E-state index contributed by atoms with van der Waals surface area (Å²) in [6.45, 7) is 5.30. The highest BCUT2D eigenvalue weighted by atomic mass is 19.3. The first-order valence-corrected chi connectivity index (χ1v) is 12.9. The van der Waals surface area contributed by atoms with Gasteiger partial charge in [0.1, 0.15) is 17.6 Å². The number of anilines is 3. The molecule has 0 saturated carbocycles. The van der Waals surface area contributed by atoms with Gasteiger partial charge in [-0.15, -0.1) is 0 Å². The van der Waals surface area contributed by atoms with E-state index in [9.17, 15) is 18.4 Å². The highest BCUT2D eigenvalue weighted by Gasteiger charge is 2.48. The molecular weight excluding hydrogens is 528 g/mol. The number of urea groups is 1. The Bertz CT molecular complexity index is 1230. The van der Waals surface area contributed by atoms with Crippen LogP contribution in [-0.2, 0) is 4.74 Å². The van der Waals surface area contributed by atoms with Crippen molar-refractivity contribution in [3.8, 4) is 5.88 Å². The molecular formula is C25H33F2N9O4. The average molecular weight is 562 g/mol. The van der Waals surface area contributed by atoms with Gasteiger partial charge in [0.15, 0.2) is 5.82 Å². The van der Waals surface area contributed by atoms with Gasteiger partial charge in [0.05, 0.1) is 19.0 Å². The number of piperidine rings is 1. The molecule has 3 amide bonds. The number of rotatable bonds is 7. The van der Waals surface area contributed by atoms with Crippen LogP contribution in [0.25, 0.3) is 0 Å². The Balaban J connectivity index is 1.40. The molecule has 1 saturated heterocycles. The molecule has 15 heteroatoms. The maximum Gasteiger partial charge on any atom is 0.417 e. The van der Waals surface area contributed by atoms with Gasteiger partial charge in [-0.2, -0.15) is 4.98 Å². The summed E-state index contributed by atoms with van der Waals surface area (Å²) < 4.78 is 40.6. The molecule has 4 heterocycles. The van der Waals surface area contributed by atoms with Crippen LogP contribution >= 0.6 is 0 Å². The van der Waals surface area contributed by atoms with Gasteiger partial charge in [-0.1, -0.05) is 6.92 Å². The third-order valence-corrected chi connectivity index (χ3v) is 6.58. The van der Waals surface area contributed by atoms with Crippen LogP contribution in [0, 0.1) is 5.92 Å². The maximum atomic E-state index is 15.0. The van der Waals surface area contributed by atoms with Crippen LogP contribution in [-0.4, -0.2) is 101 Å². The number of ether oxygens (including phenoxy) is 2. The van der Waals surface area contributed by atoms with Crippen molar-refractivity contribution in [2.45, 2.75) is 32.2 Å². The Morgan fingerprint density at radius 1 is 1.18 bits per heavy atom. The number of halogens is 2. The van der Waals surface area contributed by atoms with Crippen LogP contribution in [0.2, 0.25) is 0 Å². The summed E-state index contributed by atoms with van der Waals surface area (Å²) in [6, 6.07) is -0.786. The third kappa shape index (κ3) is 7.08. The van der Waals surface area contributed by atoms with Crippen LogP contribution < -0.4 is 20.3 Å². The second-order valence-corrected chi connectivity index (χ2v) is 9.67. The van der Waals surface area contributed by atoms with E-state index in [-0.39, 0.29) is 42.5 Å². The molecule has 2 aliphatic heterocycles. The number of carbonyl (C=O) groups excluding carboxylic acids is 2. The van der Waals surface area contributed by atoms with Crippen LogP contribution in [0.5, 0.6) is 5.88 Å². The molecule has 2 aliphatic rings. The van der Waals surface area contributed by atoms with Crippen molar-refractivity contribution in [2.75, 3.05) is 62.4 Å². The highest BCUT2D eigenvalue weighted by Crippen LogP contribution is 2.33. The number of hydrogen-bond donors (Lipinski definition) is 2. The summed E-state index contributed by atoms with van der Waals surface area (Å²) in [4.78, 5) is 46.4. The fourth-order valence-electron chi connectivity index (χ4n) is 4.44. The smallest absolute Gasteiger partial charge is 0.417 e. The van der Waals surface area contributed by atoms with E-state index < -0.39 is 30.5 Å². The van der Waals surface area contributed by atoms with Crippen molar-refractivity contribution >= 4 is 29.7 Å². The average Bonchev–Trinajstić information content (AvgIpc) is 2.91. The number of alkyl halides is 2. The lowest BCUT2D eigenvalue weighted by molar-refractivity contribution is -0.0760. The minimum absolute atomic E-state index is 0.0465. The first-order valence-electron chi connectivity index (χ1n) is 12.9. The molecule has 0 aliphatic carbocycles. The van der Waals surface area contributed by atoms with E-state index in [1.807, 2.05) is 20.0 Å². The summed E-state index contributed by atoms with van der Waals surface area (Å²) >= 11 is 0. The van der Waals surface area contributed by atoms with E-state index in [1.54, 1.807) is 11.8 Å². The molecule has 4 rings (SSSR count). The van der Waals surface area contributed by atoms with Gasteiger partial charge >= 0.3 is 12.1 Å². The number of nitrogens with zero attached hydrogens (tertiary/aromatic N) is 7. The predicted molar refractivity (Wildman–Crippen MR) is 142 cm³/mol. The molecule has 2 aromatic rings. The lowest BCUT2D eigenvalue weighted by atomic mass is 10.00. The zero-order valence-corrected chi connectivity index (χ0v) is 22.8. The zero-order valence-electron chi connectivity index (χ0n) is 22.8. The van der Waals surface area contributed by atoms with E-state index in [0.717, 1.165) is 11.4 Å². The Kier molecular flexibility index (Phi) is 8.92. The molecule has 0 bridgehead atoms. The van der Waals surface area contributed by atoms with Gasteiger partial charge in [-0.25, -0.2) is 33.3 Å². The van der Waals surface area contributed by atoms with Crippen molar-refractivity contribution < 1.29 is 27.8 Å². The number of amides is 3. The van der Waals surface area contributed by atoms with Crippen molar-refractivity contribution in [2.24, 2.45) is 5.92 Å². The van der Waals surface area contributed by atoms with Crippen LogP contribution in [0.3, 0.4) is 0 Å². The zero-order chi connectivity index (χ0) is 28.9. The van der Waals surface area contributed by atoms with Crippen LogP contribution in [0.4, 0.5) is 36.0 Å². The molecule has 0 radical (unpaired) electrons. The Labute approximate surface area is 230 Å². The van der Waals surface area contributed by atoms with E-state index >= 15 is 0 Å². The monoisotopic (exact) mass is 561 g/mol. The summed E-state index contributed by atoms with van der Waals surface area (Å²) in [6.07, 6.45) is 4.64. The SMILES string of the molecule is CCOc1cnc(NC(=O)N(C)C2CN(c3nccc(NC(=O)OC4=CCN(C)CC4C)n3)CCC2(F)F)cn1. The molecule has 13 nitrogen and oxygen atoms in total. The largest absolute Gasteiger partial charge is 0.477 e. The molecule has 0 spiro atoms. The summed E-state index contributed by atoms with van der Waals surface area (Å²) in [5.41, 5.74) is 0. The lowest BCUT2D eigenvalue weighted by Crippen LogP contribution is -2.60. The first-order chi connectivity index (χ1) is 19.1. The Hall–Kier alpha value is -4.14. The minimum atomic E-state index is -3.16. The quantitative estimate of drug-likeness (QED) is 0.519. The molecule has 1 fully saturated rings. The van der Waals surface area contributed by atoms with Crippen molar-refractivity contribution in [1.29, 1.82) is 0 Å². The fraction of sp³-hybridized carbons (Fsp3) is 0.520. The number of nitrogens with one attached hydrogen (secondary N) is 2. The topological polar surface area (TPSA) is 138 Å². The molecule has 2 aromatic heterocycles. The molecule has 2 atom stereocenters. The molecule has 2 unspecified atom stereocenters. The second kappa shape index (κ2) is 12.4. The Morgan fingerprint density at radius 3 is 2.67 bits per heavy atom. The van der Waals surface area contributed by atoms with E-state index in [2.05, 4.69) is 35.5 Å². The lowest BCUT2D eigenvalue weighted by Gasteiger charge is -2.42. The van der Waals surface area contributed by atoms with Gasteiger partial charge in [-0.05, 0) is 26.1 Å². The predicted octanol–water partition coefficient (Wildman–Crippen LogP) is 3.06. The fourth-order valence-corrected chi connectivity index (χ4v) is 4.44. The third-order valence-electron chi connectivity index (χ3n) is 6.58. The normalized spacial score (nSPS) is 20.8. The van der Waals surface area contributed by atoms with Crippen molar-refractivity contribution in [3.63, 3.8) is 0 Å². The first kappa shape index (κ1) is 28.9. The van der Waals surface area contributed by atoms with Gasteiger partial charge in [0.25, 0.3) is 5.92 Å². The van der Waals surface area contributed by atoms with Crippen LogP contribution in [0.1, 0.15) is 20.3 Å². The second-order valence-electron chi connectivity index (χ2n) is 9.67. The summed E-state index contributed by atoms with van der Waals surface area (Å²) in [5, 5.41) is 5.05. The Morgan fingerprint density at radius 2 is 1.98 bits per heavy atom. The molecule has 40 heavy (non-hydrogen) atoms. The molecule has 0 aromatic carbocycles. The molecule has 2 N–H and O–H groups in total. The van der Waals surface area contributed by atoms with Gasteiger partial charge in [0.2, 0.25) is 11.8 Å². The number of aromatic nitrogens is 4. The summed E-state index contributed by atoms with van der Waals surface area (Å²) in [5.74, 6) is -1.87.